The summed E-state index contributed by atoms with van der Waals surface area (Å²) < 4.78 is 11.3. The van der Waals surface area contributed by atoms with Gasteiger partial charge in [0.05, 0.1) is 7.11 Å². The molecule has 17 heteroatoms. The summed E-state index contributed by atoms with van der Waals surface area (Å²) in [5.74, 6) is -3.05. The van der Waals surface area contributed by atoms with Crippen LogP contribution >= 0.6 is 23.5 Å². The number of carboxylic acid groups (broad SMARTS) is 1. The lowest BCUT2D eigenvalue weighted by Gasteiger charge is -2.56. The van der Waals surface area contributed by atoms with Crippen molar-refractivity contribution in [1.82, 2.24) is 30.4 Å². The largest absolute Gasteiger partial charge is 0.508 e. The van der Waals surface area contributed by atoms with Gasteiger partial charge in [-0.05, 0) is 33.7 Å². The van der Waals surface area contributed by atoms with Gasteiger partial charge in [-0.25, -0.2) is 9.48 Å². The number of tetrazole rings is 1. The number of benzene rings is 1. The number of nitrogens with zero attached hydrogens (tertiary/aromatic N) is 5. The predicted molar refractivity (Wildman–Crippen MR) is 131 cm³/mol. The van der Waals surface area contributed by atoms with Gasteiger partial charge in [-0.2, -0.15) is 0 Å². The molecule has 202 valence electrons. The first-order valence-electron chi connectivity index (χ1n) is 10.9. The fourth-order valence-corrected chi connectivity index (χ4v) is 6.34. The molecule has 1 unspecified atom stereocenters. The summed E-state index contributed by atoms with van der Waals surface area (Å²) in [4.78, 5) is 51.1. The number of β-lactam (4-membered cyclic amide) rings is 1. The molecule has 0 saturated carbocycles. The minimum absolute atomic E-state index is 0.0000535. The number of carbonyl (C=O) groups excluding carboxylic acids is 3. The maximum Gasteiger partial charge on any atom is 0.352 e. The molecule has 3 heterocycles. The number of aliphatic carboxylic acids is 1. The lowest BCUT2D eigenvalue weighted by atomic mass is 9.97. The number of nitrogens with two attached hydrogens (primary N) is 1. The van der Waals surface area contributed by atoms with E-state index in [0.29, 0.717) is 11.1 Å². The Hall–Kier alpha value is -3.67. The van der Waals surface area contributed by atoms with E-state index >= 15 is 0 Å². The molecule has 5 N–H and O–H groups in total. The predicted octanol–water partition coefficient (Wildman–Crippen LogP) is -0.943. The summed E-state index contributed by atoms with van der Waals surface area (Å²) in [6.07, 6.45) is 0. The SMILES string of the molecule is COC(=O)Cn1nnnc1SCC1=C(C(=O)O)N2C(=O)[C@](NC(=O)C(N)c3ccc(O)cc3)(OC)[C@H]2SC1. The lowest BCUT2D eigenvalue weighted by molar-refractivity contribution is -0.192. The number of esters is 1. The van der Waals surface area contributed by atoms with Crippen molar-refractivity contribution in [2.75, 3.05) is 25.7 Å². The summed E-state index contributed by atoms with van der Waals surface area (Å²) in [6.45, 7) is -0.222. The van der Waals surface area contributed by atoms with Gasteiger partial charge >= 0.3 is 11.9 Å². The van der Waals surface area contributed by atoms with Crippen LogP contribution in [-0.2, 0) is 35.2 Å². The van der Waals surface area contributed by atoms with Crippen LogP contribution in [0.1, 0.15) is 11.6 Å². The number of hydrogen-bond donors (Lipinski definition) is 4. The molecule has 15 nitrogen and oxygen atoms in total. The van der Waals surface area contributed by atoms with E-state index in [1.165, 1.54) is 54.9 Å². The van der Waals surface area contributed by atoms with Crippen molar-refractivity contribution in [3.63, 3.8) is 0 Å². The Kier molecular flexibility index (Phi) is 7.91. The van der Waals surface area contributed by atoms with E-state index in [2.05, 4.69) is 25.6 Å². The number of aromatic hydroxyl groups is 1. The van der Waals surface area contributed by atoms with Gasteiger partial charge in [0.25, 0.3) is 11.6 Å². The second kappa shape index (κ2) is 11.0. The van der Waals surface area contributed by atoms with E-state index in [9.17, 15) is 29.4 Å². The topological polar surface area (TPSA) is 212 Å². The molecule has 3 atom stereocenters. The van der Waals surface area contributed by atoms with E-state index in [1.807, 2.05) is 0 Å². The monoisotopic (exact) mass is 565 g/mol. The molecule has 1 fully saturated rings. The first-order valence-corrected chi connectivity index (χ1v) is 12.9. The maximum absolute atomic E-state index is 13.3. The second-order valence-corrected chi connectivity index (χ2v) is 10.1. The van der Waals surface area contributed by atoms with E-state index in [4.69, 9.17) is 10.5 Å². The number of methoxy groups -OCH3 is 2. The minimum Gasteiger partial charge on any atom is -0.508 e. The average Bonchev–Trinajstić information content (AvgIpc) is 3.35. The summed E-state index contributed by atoms with van der Waals surface area (Å²) >= 11 is 2.30. The molecule has 2 aliphatic rings. The van der Waals surface area contributed by atoms with Crippen molar-refractivity contribution in [1.29, 1.82) is 0 Å². The Morgan fingerprint density at radius 3 is 2.66 bits per heavy atom. The number of nitrogens with one attached hydrogen (secondary N) is 1. The molecule has 1 aromatic heterocycles. The number of carbonyl (C=O) groups is 4. The summed E-state index contributed by atoms with van der Waals surface area (Å²) in [5.41, 5.74) is 4.80. The molecule has 38 heavy (non-hydrogen) atoms. The molecule has 0 bridgehead atoms. The van der Waals surface area contributed by atoms with E-state index < -0.39 is 40.9 Å². The number of hydrogen-bond acceptors (Lipinski definition) is 13. The number of rotatable bonds is 10. The van der Waals surface area contributed by atoms with Crippen molar-refractivity contribution < 1.29 is 38.9 Å². The summed E-state index contributed by atoms with van der Waals surface area (Å²) in [5, 5.41) is 32.4. The Balaban J connectivity index is 1.51. The molecular weight excluding hydrogens is 542 g/mol. The molecule has 2 aromatic rings. The summed E-state index contributed by atoms with van der Waals surface area (Å²) in [6, 6.07) is 4.52. The van der Waals surface area contributed by atoms with Crippen LogP contribution in [0.15, 0.2) is 40.7 Å². The van der Waals surface area contributed by atoms with Gasteiger partial charge in [0, 0.05) is 18.6 Å². The van der Waals surface area contributed by atoms with Crippen LogP contribution in [-0.4, -0.2) is 95.9 Å². The van der Waals surface area contributed by atoms with E-state index in [1.54, 1.807) is 0 Å². The van der Waals surface area contributed by atoms with Crippen LogP contribution in [0.5, 0.6) is 5.75 Å². The van der Waals surface area contributed by atoms with Gasteiger partial charge in [0.1, 0.15) is 29.4 Å². The Morgan fingerprint density at radius 2 is 2.03 bits per heavy atom. The van der Waals surface area contributed by atoms with Crippen LogP contribution in [0.4, 0.5) is 0 Å². The molecule has 1 saturated heterocycles. The number of thioether (sulfide) groups is 2. The number of aromatic nitrogens is 4. The second-order valence-electron chi connectivity index (χ2n) is 8.08. The molecule has 1 aromatic carbocycles. The third-order valence-corrected chi connectivity index (χ3v) is 8.28. The highest BCUT2D eigenvalue weighted by Gasteiger charge is 2.66. The number of ether oxygens (including phenoxy) is 2. The third-order valence-electron chi connectivity index (χ3n) is 5.86. The zero-order chi connectivity index (χ0) is 27.6. The number of phenolic OH excluding ortho intramolecular Hbond substituents is 1. The Bertz CT molecular complexity index is 1300. The molecule has 4 rings (SSSR count). The smallest absolute Gasteiger partial charge is 0.352 e. The fraction of sp³-hybridized carbons (Fsp3) is 0.381. The van der Waals surface area contributed by atoms with Crippen LogP contribution < -0.4 is 11.1 Å². The molecule has 2 amide bonds. The van der Waals surface area contributed by atoms with E-state index in [0.717, 1.165) is 16.7 Å². The maximum atomic E-state index is 13.3. The normalized spacial score (nSPS) is 21.4. The number of carboxylic acids is 1. The van der Waals surface area contributed by atoms with Crippen molar-refractivity contribution in [3.8, 4) is 5.75 Å². The van der Waals surface area contributed by atoms with Gasteiger partial charge < -0.3 is 30.7 Å². The quantitative estimate of drug-likeness (QED) is 0.118. The van der Waals surface area contributed by atoms with Gasteiger partial charge in [0.15, 0.2) is 0 Å². The van der Waals surface area contributed by atoms with E-state index in [-0.39, 0.29) is 34.7 Å². The highest BCUT2D eigenvalue weighted by atomic mass is 32.2. The number of amides is 2. The molecule has 0 spiro atoms. The minimum atomic E-state index is -1.82. The van der Waals surface area contributed by atoms with Gasteiger partial charge in [0.2, 0.25) is 11.1 Å². The van der Waals surface area contributed by atoms with Gasteiger partial charge in [-0.3, -0.25) is 19.3 Å². The van der Waals surface area contributed by atoms with Crippen LogP contribution in [0.2, 0.25) is 0 Å². The van der Waals surface area contributed by atoms with Crippen LogP contribution in [0, 0.1) is 0 Å². The van der Waals surface area contributed by atoms with Gasteiger partial charge in [-0.15, -0.1) is 16.9 Å². The molecular formula is C21H23N7O8S2. The molecule has 2 aliphatic heterocycles. The molecule has 0 aliphatic carbocycles. The third kappa shape index (κ3) is 4.92. The average molecular weight is 566 g/mol. The lowest BCUT2D eigenvalue weighted by Crippen LogP contribution is -2.81. The van der Waals surface area contributed by atoms with Crippen LogP contribution in [0.3, 0.4) is 0 Å². The first kappa shape index (κ1) is 27.4. The number of fused-ring (bicyclic) bond motifs is 1. The van der Waals surface area contributed by atoms with Crippen molar-refractivity contribution in [3.05, 3.63) is 41.1 Å². The standard InChI is InChI=1S/C21H23N7O8S2/c1-35-13(30)7-27-20(24-25-26-27)38-9-11-8-37-19-21(36-2,18(34)28(19)15(11)17(32)33)23-16(31)14(22)10-3-5-12(29)6-4-10/h3-6,14,19,29H,7-9,22H2,1-2H3,(H,23,31)(H,32,33)/t14?,19-,21+/m1/s1. The first-order chi connectivity index (χ1) is 18.1. The highest BCUT2D eigenvalue weighted by molar-refractivity contribution is 8.01. The Morgan fingerprint density at radius 1 is 1.32 bits per heavy atom. The van der Waals surface area contributed by atoms with Crippen molar-refractivity contribution in [2.24, 2.45) is 5.73 Å². The molecule has 0 radical (unpaired) electrons. The van der Waals surface area contributed by atoms with Gasteiger partial charge in [-0.1, -0.05) is 23.9 Å². The fourth-order valence-electron chi connectivity index (χ4n) is 3.89. The van der Waals surface area contributed by atoms with Crippen molar-refractivity contribution in [2.45, 2.75) is 28.8 Å². The van der Waals surface area contributed by atoms with Crippen LogP contribution in [0.25, 0.3) is 0 Å². The highest BCUT2D eigenvalue weighted by Crippen LogP contribution is 2.47. The van der Waals surface area contributed by atoms with Crippen molar-refractivity contribution >= 4 is 47.3 Å². The number of phenols is 1. The summed E-state index contributed by atoms with van der Waals surface area (Å²) in [7, 11) is 2.46. The Labute approximate surface area is 223 Å². The zero-order valence-corrected chi connectivity index (χ0v) is 21.7. The zero-order valence-electron chi connectivity index (χ0n) is 20.1.